The van der Waals surface area contributed by atoms with Crippen molar-refractivity contribution in [1.29, 1.82) is 0 Å². The van der Waals surface area contributed by atoms with Crippen molar-refractivity contribution < 1.29 is 10.2 Å². The number of nitrogens with one attached hydrogen (secondary N) is 1. The maximum atomic E-state index is 11.0. The first-order chi connectivity index (χ1) is 11.2. The molecule has 3 rings (SSSR count). The van der Waals surface area contributed by atoms with E-state index in [0.29, 0.717) is 18.2 Å². The first kappa shape index (κ1) is 19.6. The molecule has 4 heteroatoms. The molecule has 1 saturated heterocycles. The molecule has 2 fully saturated rings. The molecule has 0 aromatic heterocycles. The number of rotatable bonds is 2. The van der Waals surface area contributed by atoms with Gasteiger partial charge in [-0.1, -0.05) is 56.7 Å². The van der Waals surface area contributed by atoms with Gasteiger partial charge in [0, 0.05) is 17.5 Å². The molecular weight excluding hydrogens is 322 g/mol. The second-order valence-electron chi connectivity index (χ2n) is 7.42. The third-order valence-corrected chi connectivity index (χ3v) is 6.14. The number of phenolic OH excluding ortho intramolecular Hbond substituents is 1. The van der Waals surface area contributed by atoms with Gasteiger partial charge in [-0.2, -0.15) is 0 Å². The van der Waals surface area contributed by atoms with Crippen LogP contribution in [0.15, 0.2) is 24.3 Å². The zero-order valence-corrected chi connectivity index (χ0v) is 15.4. The van der Waals surface area contributed by atoms with Gasteiger partial charge in [0.15, 0.2) is 0 Å². The van der Waals surface area contributed by atoms with Gasteiger partial charge in [-0.15, -0.1) is 12.4 Å². The SMILES string of the molecule is Cl.Oc1ccccc1C1(C2CCCCCCCC2)CCNCC1O. The summed E-state index contributed by atoms with van der Waals surface area (Å²) < 4.78 is 0. The summed E-state index contributed by atoms with van der Waals surface area (Å²) in [5.74, 6) is 0.819. The number of β-amino-alcohol motifs (C(OH)–C–C–N with tert-alkyl or cyclic N) is 1. The van der Waals surface area contributed by atoms with Gasteiger partial charge in [-0.05, 0) is 37.8 Å². The van der Waals surface area contributed by atoms with Crippen LogP contribution < -0.4 is 5.32 Å². The summed E-state index contributed by atoms with van der Waals surface area (Å²) in [4.78, 5) is 0. The molecule has 136 valence electrons. The number of phenols is 1. The molecule has 0 radical (unpaired) electrons. The molecule has 1 heterocycles. The maximum Gasteiger partial charge on any atom is 0.119 e. The van der Waals surface area contributed by atoms with E-state index in [4.69, 9.17) is 0 Å². The molecule has 0 amide bonds. The first-order valence-corrected chi connectivity index (χ1v) is 9.42. The van der Waals surface area contributed by atoms with E-state index >= 15 is 0 Å². The van der Waals surface area contributed by atoms with Crippen molar-refractivity contribution in [3.05, 3.63) is 29.8 Å². The summed E-state index contributed by atoms with van der Waals surface area (Å²) in [5, 5.41) is 24.9. The Labute approximate surface area is 152 Å². The predicted octanol–water partition coefficient (Wildman–Crippen LogP) is 4.16. The number of para-hydroxylation sites is 1. The normalized spacial score (nSPS) is 29.8. The van der Waals surface area contributed by atoms with Crippen LogP contribution in [0, 0.1) is 5.92 Å². The van der Waals surface area contributed by atoms with Crippen LogP contribution in [0.2, 0.25) is 0 Å². The summed E-state index contributed by atoms with van der Waals surface area (Å²) in [6.45, 7) is 1.55. The Balaban J connectivity index is 0.00000208. The number of aliphatic hydroxyl groups excluding tert-OH is 1. The van der Waals surface area contributed by atoms with Crippen molar-refractivity contribution in [1.82, 2.24) is 5.32 Å². The number of halogens is 1. The van der Waals surface area contributed by atoms with E-state index in [-0.39, 0.29) is 17.8 Å². The van der Waals surface area contributed by atoms with E-state index in [9.17, 15) is 10.2 Å². The number of benzene rings is 1. The zero-order valence-electron chi connectivity index (χ0n) is 14.5. The lowest BCUT2D eigenvalue weighted by Crippen LogP contribution is -2.56. The molecule has 2 unspecified atom stereocenters. The molecule has 0 spiro atoms. The molecule has 1 saturated carbocycles. The Kier molecular flexibility index (Phi) is 7.39. The van der Waals surface area contributed by atoms with Crippen LogP contribution in [-0.2, 0) is 5.41 Å². The minimum atomic E-state index is -0.421. The predicted molar refractivity (Wildman–Crippen MR) is 101 cm³/mol. The first-order valence-electron chi connectivity index (χ1n) is 9.42. The van der Waals surface area contributed by atoms with Gasteiger partial charge in [0.05, 0.1) is 6.10 Å². The Bertz CT molecular complexity index is 500. The molecular formula is C20H32ClNO2. The van der Waals surface area contributed by atoms with Crippen LogP contribution in [0.5, 0.6) is 5.75 Å². The van der Waals surface area contributed by atoms with E-state index < -0.39 is 6.10 Å². The highest BCUT2D eigenvalue weighted by Gasteiger charge is 2.48. The molecule has 3 nitrogen and oxygen atoms in total. The standard InChI is InChI=1S/C20H31NO2.ClH/c22-18-12-8-7-11-17(18)20(13-14-21-15-19(20)23)16-9-5-3-1-2-4-6-10-16;/h7-8,11-12,16,19,21-23H,1-6,9-10,13-15H2;1H. The van der Waals surface area contributed by atoms with Crippen LogP contribution in [0.1, 0.15) is 63.4 Å². The van der Waals surface area contributed by atoms with Gasteiger partial charge < -0.3 is 15.5 Å². The Morgan fingerprint density at radius 3 is 2.21 bits per heavy atom. The zero-order chi connectivity index (χ0) is 16.1. The smallest absolute Gasteiger partial charge is 0.119 e. The Hall–Kier alpha value is -0.770. The highest BCUT2D eigenvalue weighted by molar-refractivity contribution is 5.85. The van der Waals surface area contributed by atoms with Gasteiger partial charge in [0.2, 0.25) is 0 Å². The fourth-order valence-electron chi connectivity index (χ4n) is 4.91. The number of hydrogen-bond acceptors (Lipinski definition) is 3. The molecule has 1 aromatic rings. The average Bonchev–Trinajstić information content (AvgIpc) is 2.70. The van der Waals surface area contributed by atoms with Crippen molar-refractivity contribution in [2.75, 3.05) is 13.1 Å². The van der Waals surface area contributed by atoms with E-state index in [1.165, 1.54) is 51.4 Å². The fraction of sp³-hybridized carbons (Fsp3) is 0.700. The number of hydrogen-bond donors (Lipinski definition) is 3. The van der Waals surface area contributed by atoms with Gasteiger partial charge in [0.1, 0.15) is 5.75 Å². The minimum absolute atomic E-state index is 0. The minimum Gasteiger partial charge on any atom is -0.508 e. The van der Waals surface area contributed by atoms with Crippen LogP contribution in [0.4, 0.5) is 0 Å². The highest BCUT2D eigenvalue weighted by atomic mass is 35.5. The third-order valence-electron chi connectivity index (χ3n) is 6.14. The Morgan fingerprint density at radius 1 is 0.958 bits per heavy atom. The monoisotopic (exact) mass is 353 g/mol. The molecule has 2 atom stereocenters. The van der Waals surface area contributed by atoms with Crippen LogP contribution >= 0.6 is 12.4 Å². The maximum absolute atomic E-state index is 11.0. The molecule has 1 aromatic carbocycles. The largest absolute Gasteiger partial charge is 0.508 e. The number of piperidine rings is 1. The van der Waals surface area contributed by atoms with Crippen molar-refractivity contribution in [2.24, 2.45) is 5.92 Å². The van der Waals surface area contributed by atoms with Crippen molar-refractivity contribution in [3.8, 4) is 5.75 Å². The lowest BCUT2D eigenvalue weighted by Gasteiger charge is -2.48. The van der Waals surface area contributed by atoms with Gasteiger partial charge in [-0.25, -0.2) is 0 Å². The quantitative estimate of drug-likeness (QED) is 0.748. The van der Waals surface area contributed by atoms with E-state index in [1.807, 2.05) is 18.2 Å². The molecule has 1 aliphatic carbocycles. The molecule has 0 bridgehead atoms. The van der Waals surface area contributed by atoms with Gasteiger partial charge in [-0.3, -0.25) is 0 Å². The molecule has 3 N–H and O–H groups in total. The van der Waals surface area contributed by atoms with Crippen LogP contribution in [0.3, 0.4) is 0 Å². The lowest BCUT2D eigenvalue weighted by molar-refractivity contribution is 0.00731. The number of aliphatic hydroxyl groups is 1. The second-order valence-corrected chi connectivity index (χ2v) is 7.42. The third kappa shape index (κ3) is 3.89. The van der Waals surface area contributed by atoms with Crippen molar-refractivity contribution in [3.63, 3.8) is 0 Å². The van der Waals surface area contributed by atoms with Gasteiger partial charge >= 0.3 is 0 Å². The molecule has 24 heavy (non-hydrogen) atoms. The topological polar surface area (TPSA) is 52.5 Å². The summed E-state index contributed by atoms with van der Waals surface area (Å²) >= 11 is 0. The van der Waals surface area contributed by atoms with E-state index in [2.05, 4.69) is 5.32 Å². The van der Waals surface area contributed by atoms with Crippen LogP contribution in [-0.4, -0.2) is 29.4 Å². The Morgan fingerprint density at radius 2 is 1.58 bits per heavy atom. The number of aromatic hydroxyl groups is 1. The van der Waals surface area contributed by atoms with E-state index in [1.54, 1.807) is 6.07 Å². The van der Waals surface area contributed by atoms with Gasteiger partial charge in [0.25, 0.3) is 0 Å². The molecule has 1 aliphatic heterocycles. The van der Waals surface area contributed by atoms with Crippen molar-refractivity contribution >= 4 is 12.4 Å². The summed E-state index contributed by atoms with van der Waals surface area (Å²) in [6, 6.07) is 7.70. The van der Waals surface area contributed by atoms with Crippen molar-refractivity contribution in [2.45, 2.75) is 69.3 Å². The fourth-order valence-corrected chi connectivity index (χ4v) is 4.91. The average molecular weight is 354 g/mol. The molecule has 2 aliphatic rings. The lowest BCUT2D eigenvalue weighted by atomic mass is 9.60. The summed E-state index contributed by atoms with van der Waals surface area (Å²) in [6.07, 6.45) is 10.6. The van der Waals surface area contributed by atoms with E-state index in [0.717, 1.165) is 18.5 Å². The highest BCUT2D eigenvalue weighted by Crippen LogP contribution is 2.48. The summed E-state index contributed by atoms with van der Waals surface area (Å²) in [7, 11) is 0. The second kappa shape index (κ2) is 9.07. The van der Waals surface area contributed by atoms with Crippen LogP contribution in [0.25, 0.3) is 0 Å². The summed E-state index contributed by atoms with van der Waals surface area (Å²) in [5.41, 5.74) is 0.680.